The van der Waals surface area contributed by atoms with E-state index in [1.54, 1.807) is 13.0 Å². The molecule has 4 nitrogen and oxygen atoms in total. The van der Waals surface area contributed by atoms with Gasteiger partial charge in [0, 0.05) is 11.1 Å². The van der Waals surface area contributed by atoms with Gasteiger partial charge in [0.2, 0.25) is 0 Å². The van der Waals surface area contributed by atoms with Crippen LogP contribution in [0.1, 0.15) is 12.6 Å². The molecule has 0 aliphatic rings. The average molecular weight is 212 g/mol. The highest BCUT2D eigenvalue weighted by molar-refractivity contribution is 6.12. The number of nitrogens with two attached hydrogens (primary N) is 1. The summed E-state index contributed by atoms with van der Waals surface area (Å²) in [4.78, 5) is 8.27. The van der Waals surface area contributed by atoms with Crippen molar-refractivity contribution in [1.82, 2.24) is 9.97 Å². The standard InChI is InChI=1S/C12H12N4/c1-8(13)6-10(14)12-9-4-2-3-5-11(9)15-7-16-12/h2-7,14H,13H2,1H3. The predicted octanol–water partition coefficient (Wildman–Crippen LogP) is 1.86. The first-order chi connectivity index (χ1) is 7.68. The fraction of sp³-hybridized carbons (Fsp3) is 0.0833. The molecule has 0 aliphatic heterocycles. The molecule has 2 rings (SSSR count). The molecule has 0 saturated heterocycles. The fourth-order valence-electron chi connectivity index (χ4n) is 1.52. The van der Waals surface area contributed by atoms with Gasteiger partial charge in [0.15, 0.2) is 0 Å². The molecule has 1 aromatic carbocycles. The maximum absolute atomic E-state index is 7.90. The average Bonchev–Trinajstić information content (AvgIpc) is 2.27. The summed E-state index contributed by atoms with van der Waals surface area (Å²) >= 11 is 0. The number of rotatable bonds is 2. The second-order valence-electron chi connectivity index (χ2n) is 3.54. The Balaban J connectivity index is 2.61. The van der Waals surface area contributed by atoms with Gasteiger partial charge in [0.25, 0.3) is 0 Å². The van der Waals surface area contributed by atoms with Crippen LogP contribution in [0, 0.1) is 5.41 Å². The Bertz CT molecular complexity index is 563. The Morgan fingerprint density at radius 3 is 2.81 bits per heavy atom. The number of fused-ring (bicyclic) bond motifs is 1. The van der Waals surface area contributed by atoms with Crippen LogP contribution in [0.2, 0.25) is 0 Å². The van der Waals surface area contributed by atoms with Crippen LogP contribution in [0.15, 0.2) is 42.4 Å². The van der Waals surface area contributed by atoms with Crippen molar-refractivity contribution in [3.63, 3.8) is 0 Å². The smallest absolute Gasteiger partial charge is 0.116 e. The van der Waals surface area contributed by atoms with Gasteiger partial charge in [-0.1, -0.05) is 18.2 Å². The molecule has 0 bridgehead atoms. The van der Waals surface area contributed by atoms with Crippen LogP contribution in [0.25, 0.3) is 10.9 Å². The molecule has 0 fully saturated rings. The summed E-state index contributed by atoms with van der Waals surface area (Å²) in [6.07, 6.45) is 3.06. The monoisotopic (exact) mass is 212 g/mol. The fourth-order valence-corrected chi connectivity index (χ4v) is 1.52. The Kier molecular flexibility index (Phi) is 2.64. The Labute approximate surface area is 93.3 Å². The molecule has 0 radical (unpaired) electrons. The molecule has 80 valence electrons. The first-order valence-electron chi connectivity index (χ1n) is 4.91. The van der Waals surface area contributed by atoms with Crippen molar-refractivity contribution in [3.05, 3.63) is 48.1 Å². The first kappa shape index (κ1) is 10.3. The van der Waals surface area contributed by atoms with E-state index in [4.69, 9.17) is 11.1 Å². The van der Waals surface area contributed by atoms with Gasteiger partial charge in [-0.3, -0.25) is 5.41 Å². The third kappa shape index (κ3) is 1.91. The van der Waals surface area contributed by atoms with Gasteiger partial charge in [0.1, 0.15) is 6.33 Å². The molecule has 3 N–H and O–H groups in total. The van der Waals surface area contributed by atoms with Gasteiger partial charge >= 0.3 is 0 Å². The minimum atomic E-state index is 0.304. The number of nitrogens with zero attached hydrogens (tertiary/aromatic N) is 2. The lowest BCUT2D eigenvalue weighted by Gasteiger charge is -2.03. The zero-order chi connectivity index (χ0) is 11.5. The SMILES string of the molecule is CC(N)=CC(=N)c1ncnc2ccccc12. The molecule has 0 amide bonds. The lowest BCUT2D eigenvalue weighted by Crippen LogP contribution is -2.04. The van der Waals surface area contributed by atoms with Crippen LogP contribution in [0.3, 0.4) is 0 Å². The van der Waals surface area contributed by atoms with Crippen molar-refractivity contribution >= 4 is 16.6 Å². The Hall–Kier alpha value is -2.23. The molecule has 0 atom stereocenters. The molecule has 0 spiro atoms. The number of nitrogens with one attached hydrogen (secondary N) is 1. The highest BCUT2D eigenvalue weighted by Crippen LogP contribution is 2.14. The van der Waals surface area contributed by atoms with Gasteiger partial charge in [-0.2, -0.15) is 0 Å². The maximum atomic E-state index is 7.90. The second-order valence-corrected chi connectivity index (χ2v) is 3.54. The quantitative estimate of drug-likeness (QED) is 0.746. The summed E-state index contributed by atoms with van der Waals surface area (Å²) in [7, 11) is 0. The Morgan fingerprint density at radius 1 is 1.31 bits per heavy atom. The van der Waals surface area contributed by atoms with Crippen LogP contribution in [-0.4, -0.2) is 15.7 Å². The van der Waals surface area contributed by atoms with Gasteiger partial charge in [-0.25, -0.2) is 9.97 Å². The summed E-state index contributed by atoms with van der Waals surface area (Å²) in [6.45, 7) is 1.75. The van der Waals surface area contributed by atoms with E-state index >= 15 is 0 Å². The number of hydrogen-bond acceptors (Lipinski definition) is 4. The van der Waals surface area contributed by atoms with Crippen molar-refractivity contribution in [1.29, 1.82) is 5.41 Å². The summed E-state index contributed by atoms with van der Waals surface area (Å²) in [5.41, 5.74) is 7.89. The van der Waals surface area contributed by atoms with Crippen molar-refractivity contribution in [3.8, 4) is 0 Å². The highest BCUT2D eigenvalue weighted by Gasteiger charge is 2.06. The van der Waals surface area contributed by atoms with Gasteiger partial charge in [-0.05, 0) is 19.1 Å². The van der Waals surface area contributed by atoms with Crippen LogP contribution in [-0.2, 0) is 0 Å². The van der Waals surface area contributed by atoms with E-state index < -0.39 is 0 Å². The van der Waals surface area contributed by atoms with Gasteiger partial charge in [-0.15, -0.1) is 0 Å². The van der Waals surface area contributed by atoms with Crippen molar-refractivity contribution in [2.45, 2.75) is 6.92 Å². The van der Waals surface area contributed by atoms with Gasteiger partial charge < -0.3 is 5.73 Å². The summed E-state index contributed by atoms with van der Waals surface area (Å²) in [5.74, 6) is 0. The molecular weight excluding hydrogens is 200 g/mol. The zero-order valence-corrected chi connectivity index (χ0v) is 8.94. The van der Waals surface area contributed by atoms with E-state index in [1.165, 1.54) is 6.33 Å². The zero-order valence-electron chi connectivity index (χ0n) is 8.94. The van der Waals surface area contributed by atoms with E-state index in [0.717, 1.165) is 10.9 Å². The van der Waals surface area contributed by atoms with Crippen LogP contribution >= 0.6 is 0 Å². The second kappa shape index (κ2) is 4.10. The minimum Gasteiger partial charge on any atom is -0.402 e. The summed E-state index contributed by atoms with van der Waals surface area (Å²) in [6, 6.07) is 7.61. The van der Waals surface area contributed by atoms with Crippen molar-refractivity contribution < 1.29 is 0 Å². The normalized spacial score (nSPS) is 11.7. The van der Waals surface area contributed by atoms with Crippen molar-refractivity contribution in [2.24, 2.45) is 5.73 Å². The summed E-state index contributed by atoms with van der Waals surface area (Å²) in [5, 5.41) is 8.76. The molecule has 4 heteroatoms. The molecule has 16 heavy (non-hydrogen) atoms. The van der Waals surface area contributed by atoms with E-state index in [2.05, 4.69) is 9.97 Å². The molecule has 0 saturated carbocycles. The first-order valence-corrected chi connectivity index (χ1v) is 4.91. The van der Waals surface area contributed by atoms with E-state index in [-0.39, 0.29) is 0 Å². The molecule has 0 aliphatic carbocycles. The predicted molar refractivity (Wildman–Crippen MR) is 64.3 cm³/mol. The third-order valence-corrected chi connectivity index (χ3v) is 2.17. The topological polar surface area (TPSA) is 75.7 Å². The van der Waals surface area contributed by atoms with Gasteiger partial charge in [0.05, 0.1) is 16.9 Å². The van der Waals surface area contributed by atoms with Crippen LogP contribution in [0.4, 0.5) is 0 Å². The number of hydrogen-bond donors (Lipinski definition) is 2. The lowest BCUT2D eigenvalue weighted by molar-refractivity contribution is 1.19. The molecule has 0 unspecified atom stereocenters. The molecule has 2 aromatic rings. The highest BCUT2D eigenvalue weighted by atomic mass is 14.8. The largest absolute Gasteiger partial charge is 0.402 e. The molecular formula is C12H12N4. The Morgan fingerprint density at radius 2 is 2.06 bits per heavy atom. The van der Waals surface area contributed by atoms with Crippen LogP contribution in [0.5, 0.6) is 0 Å². The third-order valence-electron chi connectivity index (χ3n) is 2.17. The van der Waals surface area contributed by atoms with E-state index in [9.17, 15) is 0 Å². The van der Waals surface area contributed by atoms with Crippen LogP contribution < -0.4 is 5.73 Å². The number of allylic oxidation sites excluding steroid dienone is 2. The summed E-state index contributed by atoms with van der Waals surface area (Å²) < 4.78 is 0. The number of para-hydroxylation sites is 1. The minimum absolute atomic E-state index is 0.304. The molecule has 1 heterocycles. The number of benzene rings is 1. The van der Waals surface area contributed by atoms with E-state index in [0.29, 0.717) is 17.1 Å². The number of aromatic nitrogens is 2. The maximum Gasteiger partial charge on any atom is 0.116 e. The van der Waals surface area contributed by atoms with Crippen molar-refractivity contribution in [2.75, 3.05) is 0 Å². The van der Waals surface area contributed by atoms with E-state index in [1.807, 2.05) is 24.3 Å². The molecule has 1 aromatic heterocycles. The lowest BCUT2D eigenvalue weighted by atomic mass is 10.1.